The largest absolute Gasteiger partial charge is 0.467 e. The summed E-state index contributed by atoms with van der Waals surface area (Å²) in [6, 6.07) is 8.25. The monoisotopic (exact) mass is 440 g/mol. The molecule has 3 rings (SSSR count). The lowest BCUT2D eigenvalue weighted by atomic mass is 10.1. The van der Waals surface area contributed by atoms with Gasteiger partial charge < -0.3 is 9.64 Å². The number of benzene rings is 2. The molecule has 1 saturated heterocycles. The van der Waals surface area contributed by atoms with Crippen molar-refractivity contribution in [2.24, 2.45) is 0 Å². The minimum atomic E-state index is -4.50. The van der Waals surface area contributed by atoms with Gasteiger partial charge in [-0.2, -0.15) is 13.2 Å². The summed E-state index contributed by atoms with van der Waals surface area (Å²) in [6.07, 6.45) is -4.50. The van der Waals surface area contributed by atoms with Crippen molar-refractivity contribution in [1.82, 2.24) is 4.90 Å². The first-order chi connectivity index (χ1) is 14.1. The number of carbonyl (C=O) groups is 2. The number of amides is 1. The summed E-state index contributed by atoms with van der Waals surface area (Å²) in [6.45, 7) is 0. The van der Waals surface area contributed by atoms with Crippen molar-refractivity contribution in [3.63, 3.8) is 0 Å². The Morgan fingerprint density at radius 1 is 1.13 bits per heavy atom. The van der Waals surface area contributed by atoms with Crippen molar-refractivity contribution in [2.75, 3.05) is 12.9 Å². The zero-order valence-corrected chi connectivity index (χ0v) is 16.3. The Labute approximate surface area is 173 Å². The molecular formula is C19H15F3N2O5S. The molecular weight excluding hydrogens is 425 g/mol. The SMILES string of the molecule is COC(=O)C1CSC(c2ccc(C(F)(F)F)cc2)N1C(=O)c1ccc([N+](=O)[O-])cc1. The van der Waals surface area contributed by atoms with Gasteiger partial charge in [-0.3, -0.25) is 14.9 Å². The van der Waals surface area contributed by atoms with E-state index in [0.717, 1.165) is 24.3 Å². The highest BCUT2D eigenvalue weighted by Gasteiger charge is 2.43. The summed E-state index contributed by atoms with van der Waals surface area (Å²) in [7, 11) is 1.17. The fraction of sp³-hybridized carbons (Fsp3) is 0.263. The number of nitrogens with zero attached hydrogens (tertiary/aromatic N) is 2. The summed E-state index contributed by atoms with van der Waals surface area (Å²) >= 11 is 1.21. The Bertz CT molecular complexity index is 964. The maximum absolute atomic E-state index is 13.1. The van der Waals surface area contributed by atoms with Crippen molar-refractivity contribution >= 4 is 29.3 Å². The fourth-order valence-electron chi connectivity index (χ4n) is 3.04. The number of alkyl halides is 3. The van der Waals surface area contributed by atoms with E-state index in [1.54, 1.807) is 0 Å². The van der Waals surface area contributed by atoms with Gasteiger partial charge in [0.15, 0.2) is 0 Å². The summed E-state index contributed by atoms with van der Waals surface area (Å²) in [5.74, 6) is -1.06. The number of nitro groups is 1. The van der Waals surface area contributed by atoms with Gasteiger partial charge in [-0.1, -0.05) is 12.1 Å². The standard InChI is InChI=1S/C19H15F3N2O5S/c1-29-18(26)15-10-30-17(12-2-6-13(7-3-12)19(20,21)22)23(15)16(25)11-4-8-14(9-5-11)24(27)28/h2-9,15,17H,10H2,1H3. The number of nitro benzene ring substituents is 1. The lowest BCUT2D eigenvalue weighted by Gasteiger charge is -2.28. The first-order valence-electron chi connectivity index (χ1n) is 8.57. The highest BCUT2D eigenvalue weighted by molar-refractivity contribution is 7.99. The molecule has 2 unspecified atom stereocenters. The van der Waals surface area contributed by atoms with Crippen LogP contribution in [0.4, 0.5) is 18.9 Å². The average Bonchev–Trinajstić information content (AvgIpc) is 3.17. The molecule has 0 aromatic heterocycles. The molecule has 11 heteroatoms. The number of carbonyl (C=O) groups excluding carboxylic acids is 2. The Balaban J connectivity index is 1.95. The Morgan fingerprint density at radius 2 is 1.73 bits per heavy atom. The molecule has 2 aromatic carbocycles. The van der Waals surface area contributed by atoms with E-state index in [1.165, 1.54) is 48.0 Å². The van der Waals surface area contributed by atoms with E-state index in [-0.39, 0.29) is 17.0 Å². The molecule has 0 saturated carbocycles. The van der Waals surface area contributed by atoms with E-state index in [1.807, 2.05) is 0 Å². The second kappa shape index (κ2) is 8.34. The lowest BCUT2D eigenvalue weighted by molar-refractivity contribution is -0.384. The van der Waals surface area contributed by atoms with Gasteiger partial charge in [0.25, 0.3) is 11.6 Å². The molecule has 0 bridgehead atoms. The number of rotatable bonds is 4. The van der Waals surface area contributed by atoms with Crippen LogP contribution in [0.15, 0.2) is 48.5 Å². The van der Waals surface area contributed by atoms with Gasteiger partial charge in [-0.25, -0.2) is 4.79 Å². The van der Waals surface area contributed by atoms with E-state index in [9.17, 15) is 32.9 Å². The second-order valence-corrected chi connectivity index (χ2v) is 7.47. The van der Waals surface area contributed by atoms with Gasteiger partial charge in [-0.05, 0) is 29.8 Å². The number of hydrogen-bond acceptors (Lipinski definition) is 6. The van der Waals surface area contributed by atoms with E-state index >= 15 is 0 Å². The molecule has 7 nitrogen and oxygen atoms in total. The molecule has 0 radical (unpaired) electrons. The summed E-state index contributed by atoms with van der Waals surface area (Å²) in [5, 5.41) is 10.1. The summed E-state index contributed by atoms with van der Waals surface area (Å²) in [5.41, 5.74) is -0.512. The van der Waals surface area contributed by atoms with Crippen LogP contribution in [0, 0.1) is 10.1 Å². The quantitative estimate of drug-likeness (QED) is 0.405. The van der Waals surface area contributed by atoms with Crippen LogP contribution in [0.5, 0.6) is 0 Å². The second-order valence-electron chi connectivity index (χ2n) is 6.36. The Hall–Kier alpha value is -3.08. The van der Waals surface area contributed by atoms with Gasteiger partial charge in [0.05, 0.1) is 17.6 Å². The molecule has 0 spiro atoms. The van der Waals surface area contributed by atoms with Crippen molar-refractivity contribution in [1.29, 1.82) is 0 Å². The third-order valence-electron chi connectivity index (χ3n) is 4.56. The van der Waals surface area contributed by atoms with Crippen molar-refractivity contribution in [3.8, 4) is 0 Å². The van der Waals surface area contributed by atoms with Crippen molar-refractivity contribution in [2.45, 2.75) is 17.6 Å². The topological polar surface area (TPSA) is 89.8 Å². The predicted octanol–water partition coefficient (Wildman–Crippen LogP) is 4.04. The van der Waals surface area contributed by atoms with Crippen molar-refractivity contribution in [3.05, 3.63) is 75.3 Å². The molecule has 0 aliphatic carbocycles. The van der Waals surface area contributed by atoms with E-state index in [4.69, 9.17) is 4.74 Å². The molecule has 158 valence electrons. The van der Waals surface area contributed by atoms with Crippen LogP contribution >= 0.6 is 11.8 Å². The van der Waals surface area contributed by atoms with Gasteiger partial charge in [-0.15, -0.1) is 11.8 Å². The van der Waals surface area contributed by atoms with Gasteiger partial charge in [0.1, 0.15) is 11.4 Å². The highest BCUT2D eigenvalue weighted by Crippen LogP contribution is 2.43. The molecule has 2 atom stereocenters. The van der Waals surface area contributed by atoms with Crippen LogP contribution in [-0.2, 0) is 15.7 Å². The number of non-ortho nitro benzene ring substituents is 1. The fourth-order valence-corrected chi connectivity index (χ4v) is 4.45. The van der Waals surface area contributed by atoms with Crippen LogP contribution in [0.3, 0.4) is 0 Å². The van der Waals surface area contributed by atoms with Crippen LogP contribution in [0.2, 0.25) is 0 Å². The van der Waals surface area contributed by atoms with E-state index < -0.39 is 40.0 Å². The van der Waals surface area contributed by atoms with Crippen LogP contribution in [0.25, 0.3) is 0 Å². The molecule has 1 fully saturated rings. The van der Waals surface area contributed by atoms with Crippen LogP contribution in [-0.4, -0.2) is 40.6 Å². The number of hydrogen-bond donors (Lipinski definition) is 0. The minimum absolute atomic E-state index is 0.105. The van der Waals surface area contributed by atoms with Gasteiger partial charge in [0, 0.05) is 23.4 Å². The minimum Gasteiger partial charge on any atom is -0.467 e. The predicted molar refractivity (Wildman–Crippen MR) is 102 cm³/mol. The molecule has 1 aliphatic heterocycles. The smallest absolute Gasteiger partial charge is 0.416 e. The number of thioether (sulfide) groups is 1. The molecule has 1 aliphatic rings. The number of halogens is 3. The lowest BCUT2D eigenvalue weighted by Crippen LogP contribution is -2.43. The first kappa shape index (κ1) is 21.6. The van der Waals surface area contributed by atoms with E-state index in [0.29, 0.717) is 5.56 Å². The normalized spacial score (nSPS) is 18.9. The number of esters is 1. The highest BCUT2D eigenvalue weighted by atomic mass is 32.2. The molecule has 0 N–H and O–H groups in total. The van der Waals surface area contributed by atoms with Gasteiger partial charge in [0.2, 0.25) is 0 Å². The van der Waals surface area contributed by atoms with Crippen LogP contribution < -0.4 is 0 Å². The first-order valence-corrected chi connectivity index (χ1v) is 9.62. The van der Waals surface area contributed by atoms with E-state index in [2.05, 4.69) is 0 Å². The molecule has 1 amide bonds. The summed E-state index contributed by atoms with van der Waals surface area (Å²) < 4.78 is 43.3. The number of methoxy groups -OCH3 is 1. The zero-order valence-electron chi connectivity index (χ0n) is 15.5. The average molecular weight is 440 g/mol. The maximum Gasteiger partial charge on any atom is 0.416 e. The molecule has 1 heterocycles. The Morgan fingerprint density at radius 3 is 2.23 bits per heavy atom. The number of ether oxygens (including phenoxy) is 1. The van der Waals surface area contributed by atoms with Crippen LogP contribution in [0.1, 0.15) is 26.9 Å². The Kier molecular flexibility index (Phi) is 6.01. The van der Waals surface area contributed by atoms with Gasteiger partial charge >= 0.3 is 12.1 Å². The zero-order chi connectivity index (χ0) is 22.1. The third kappa shape index (κ3) is 4.25. The summed E-state index contributed by atoms with van der Waals surface area (Å²) in [4.78, 5) is 36.8. The molecule has 2 aromatic rings. The third-order valence-corrected chi connectivity index (χ3v) is 5.88. The van der Waals surface area contributed by atoms with Crippen molar-refractivity contribution < 1.29 is 32.4 Å². The maximum atomic E-state index is 13.1. The molecule has 30 heavy (non-hydrogen) atoms.